The van der Waals surface area contributed by atoms with Crippen molar-refractivity contribution < 1.29 is 4.79 Å². The van der Waals surface area contributed by atoms with Crippen molar-refractivity contribution >= 4 is 17.5 Å². The van der Waals surface area contributed by atoms with E-state index in [0.717, 1.165) is 22.5 Å². The number of carbonyl (C=O) groups is 1. The molecule has 0 spiro atoms. The molecule has 30 heavy (non-hydrogen) atoms. The molecular weight excluding hydrogens is 402 g/mol. The summed E-state index contributed by atoms with van der Waals surface area (Å²) < 4.78 is 1.62. The topological polar surface area (TPSA) is 92.6 Å². The van der Waals surface area contributed by atoms with Gasteiger partial charge in [-0.1, -0.05) is 41.1 Å². The summed E-state index contributed by atoms with van der Waals surface area (Å²) in [4.78, 5) is 27.0. The van der Waals surface area contributed by atoms with Gasteiger partial charge in [-0.05, 0) is 23.3 Å². The molecule has 1 aliphatic heterocycles. The number of amides is 1. The number of imidazole rings is 1. The molecule has 0 fully saturated rings. The zero-order valence-corrected chi connectivity index (χ0v) is 16.7. The molecule has 9 heteroatoms. The molecular formula is C21H18ClN7O. The molecule has 1 N–H and O–H groups in total. The standard InChI is InChI=1S/C21H18ClN7O/c22-16-6-2-1-4-15(16)11-28-12-18(26-27-28)21(30)29-9-7-17-19(25-13-24-17)20(29)14-5-3-8-23-10-14/h1-6,8,10,12-13,20H,7,9,11H2,(H,24,25)/t20-/m1/s1. The van der Waals surface area contributed by atoms with E-state index in [9.17, 15) is 4.79 Å². The summed E-state index contributed by atoms with van der Waals surface area (Å²) in [5, 5.41) is 8.90. The van der Waals surface area contributed by atoms with Crippen LogP contribution in [0.4, 0.5) is 0 Å². The fourth-order valence-electron chi connectivity index (χ4n) is 3.79. The number of carbonyl (C=O) groups excluding carboxylic acids is 1. The van der Waals surface area contributed by atoms with Gasteiger partial charge in [0.2, 0.25) is 0 Å². The van der Waals surface area contributed by atoms with Crippen molar-refractivity contribution in [2.75, 3.05) is 6.54 Å². The van der Waals surface area contributed by atoms with Gasteiger partial charge in [0.1, 0.15) is 6.04 Å². The predicted octanol–water partition coefficient (Wildman–Crippen LogP) is 2.89. The summed E-state index contributed by atoms with van der Waals surface area (Å²) in [5.74, 6) is -0.192. The number of fused-ring (bicyclic) bond motifs is 1. The molecule has 0 radical (unpaired) electrons. The van der Waals surface area contributed by atoms with Crippen LogP contribution in [0, 0.1) is 0 Å². The molecule has 1 amide bonds. The van der Waals surface area contributed by atoms with Crippen LogP contribution in [0.5, 0.6) is 0 Å². The van der Waals surface area contributed by atoms with Gasteiger partial charge >= 0.3 is 0 Å². The largest absolute Gasteiger partial charge is 0.348 e. The van der Waals surface area contributed by atoms with Crippen LogP contribution in [-0.4, -0.2) is 47.3 Å². The minimum atomic E-state index is -0.324. The van der Waals surface area contributed by atoms with Gasteiger partial charge in [-0.2, -0.15) is 0 Å². The first-order valence-electron chi connectivity index (χ1n) is 9.57. The summed E-state index contributed by atoms with van der Waals surface area (Å²) in [6.07, 6.45) is 7.51. The molecule has 0 saturated carbocycles. The van der Waals surface area contributed by atoms with Crippen molar-refractivity contribution in [3.8, 4) is 0 Å². The van der Waals surface area contributed by atoms with E-state index in [-0.39, 0.29) is 17.6 Å². The van der Waals surface area contributed by atoms with Crippen LogP contribution in [0.3, 0.4) is 0 Å². The van der Waals surface area contributed by atoms with Crippen molar-refractivity contribution in [3.63, 3.8) is 0 Å². The van der Waals surface area contributed by atoms with Gasteiger partial charge in [-0.15, -0.1) is 5.10 Å². The molecule has 1 aromatic carbocycles. The molecule has 1 atom stereocenters. The highest BCUT2D eigenvalue weighted by atomic mass is 35.5. The van der Waals surface area contributed by atoms with Gasteiger partial charge in [0, 0.05) is 36.1 Å². The van der Waals surface area contributed by atoms with Crippen LogP contribution in [0.2, 0.25) is 5.02 Å². The fourth-order valence-corrected chi connectivity index (χ4v) is 3.99. The summed E-state index contributed by atoms with van der Waals surface area (Å²) in [6.45, 7) is 0.987. The van der Waals surface area contributed by atoms with Gasteiger partial charge in [0.25, 0.3) is 5.91 Å². The molecule has 0 unspecified atom stereocenters. The van der Waals surface area contributed by atoms with Gasteiger partial charge in [0.15, 0.2) is 5.69 Å². The number of aromatic amines is 1. The molecule has 5 rings (SSSR count). The number of halogens is 1. The molecule has 8 nitrogen and oxygen atoms in total. The highest BCUT2D eigenvalue weighted by Gasteiger charge is 2.35. The monoisotopic (exact) mass is 419 g/mol. The number of rotatable bonds is 4. The number of hydrogen-bond donors (Lipinski definition) is 1. The van der Waals surface area contributed by atoms with Crippen LogP contribution < -0.4 is 0 Å². The second kappa shape index (κ2) is 7.72. The molecule has 1 aliphatic rings. The average Bonchev–Trinajstić information content (AvgIpc) is 3.44. The van der Waals surface area contributed by atoms with E-state index in [0.29, 0.717) is 24.5 Å². The van der Waals surface area contributed by atoms with Crippen LogP contribution in [-0.2, 0) is 13.0 Å². The summed E-state index contributed by atoms with van der Waals surface area (Å²) in [7, 11) is 0. The summed E-state index contributed by atoms with van der Waals surface area (Å²) in [6, 6.07) is 11.0. The highest BCUT2D eigenvalue weighted by molar-refractivity contribution is 6.31. The number of nitrogens with zero attached hydrogens (tertiary/aromatic N) is 6. The van der Waals surface area contributed by atoms with Crippen LogP contribution in [0.1, 0.15) is 39.0 Å². The maximum absolute atomic E-state index is 13.4. The molecule has 0 saturated heterocycles. The third-order valence-electron chi connectivity index (χ3n) is 5.23. The third kappa shape index (κ3) is 3.35. The second-order valence-electron chi connectivity index (χ2n) is 7.10. The Balaban J connectivity index is 1.44. The average molecular weight is 420 g/mol. The van der Waals surface area contributed by atoms with Gasteiger partial charge in [0.05, 0.1) is 24.8 Å². The lowest BCUT2D eigenvalue weighted by Gasteiger charge is -2.34. The molecule has 4 heterocycles. The lowest BCUT2D eigenvalue weighted by Crippen LogP contribution is -2.41. The number of hydrogen-bond acceptors (Lipinski definition) is 5. The van der Waals surface area contributed by atoms with E-state index in [2.05, 4.69) is 25.3 Å². The van der Waals surface area contributed by atoms with Crippen molar-refractivity contribution in [1.82, 2.24) is 34.8 Å². The summed E-state index contributed by atoms with van der Waals surface area (Å²) in [5.41, 5.74) is 3.98. The smallest absolute Gasteiger partial charge is 0.276 e. The first-order chi connectivity index (χ1) is 14.7. The fraction of sp³-hybridized carbons (Fsp3) is 0.190. The molecule has 4 aromatic rings. The SMILES string of the molecule is O=C(c1cn(Cc2ccccc2Cl)nn1)N1CCc2[nH]cnc2[C@H]1c1cccnc1. The van der Waals surface area contributed by atoms with E-state index in [1.54, 1.807) is 34.5 Å². The number of pyridine rings is 1. The number of H-pyrrole nitrogens is 1. The Hall–Kier alpha value is -3.52. The zero-order valence-electron chi connectivity index (χ0n) is 15.9. The van der Waals surface area contributed by atoms with Crippen LogP contribution >= 0.6 is 11.6 Å². The van der Waals surface area contributed by atoms with E-state index >= 15 is 0 Å². The zero-order chi connectivity index (χ0) is 20.5. The maximum Gasteiger partial charge on any atom is 0.276 e. The Kier molecular flexibility index (Phi) is 4.76. The Morgan fingerprint density at radius 3 is 2.97 bits per heavy atom. The molecule has 3 aromatic heterocycles. The molecule has 0 bridgehead atoms. The van der Waals surface area contributed by atoms with Gasteiger partial charge in [-0.25, -0.2) is 9.67 Å². The predicted molar refractivity (Wildman–Crippen MR) is 110 cm³/mol. The normalized spacial score (nSPS) is 15.8. The van der Waals surface area contributed by atoms with Crippen molar-refractivity contribution in [2.24, 2.45) is 0 Å². The minimum Gasteiger partial charge on any atom is -0.348 e. The van der Waals surface area contributed by atoms with Crippen molar-refractivity contribution in [3.05, 3.63) is 94.5 Å². The van der Waals surface area contributed by atoms with Crippen LogP contribution in [0.25, 0.3) is 0 Å². The number of nitrogens with one attached hydrogen (secondary N) is 1. The van der Waals surface area contributed by atoms with Gasteiger partial charge in [-0.3, -0.25) is 9.78 Å². The summed E-state index contributed by atoms with van der Waals surface area (Å²) >= 11 is 6.24. The van der Waals surface area contributed by atoms with E-state index in [4.69, 9.17) is 11.6 Å². The Labute approximate surface area is 177 Å². The first-order valence-corrected chi connectivity index (χ1v) is 9.95. The second-order valence-corrected chi connectivity index (χ2v) is 7.50. The quantitative estimate of drug-likeness (QED) is 0.549. The van der Waals surface area contributed by atoms with Crippen LogP contribution in [0.15, 0.2) is 61.3 Å². The van der Waals surface area contributed by atoms with Gasteiger partial charge < -0.3 is 9.88 Å². The lowest BCUT2D eigenvalue weighted by atomic mass is 9.96. The van der Waals surface area contributed by atoms with E-state index < -0.39 is 0 Å². The first kappa shape index (κ1) is 18.5. The highest BCUT2D eigenvalue weighted by Crippen LogP contribution is 2.33. The Morgan fingerprint density at radius 2 is 2.13 bits per heavy atom. The lowest BCUT2D eigenvalue weighted by molar-refractivity contribution is 0.0684. The van der Waals surface area contributed by atoms with Crippen molar-refractivity contribution in [2.45, 2.75) is 19.0 Å². The minimum absolute atomic E-state index is 0.192. The molecule has 150 valence electrons. The van der Waals surface area contributed by atoms with Crippen molar-refractivity contribution in [1.29, 1.82) is 0 Å². The third-order valence-corrected chi connectivity index (χ3v) is 5.60. The van der Waals surface area contributed by atoms with E-state index in [1.165, 1.54) is 0 Å². The Bertz CT molecular complexity index is 1190. The maximum atomic E-state index is 13.4. The van der Waals surface area contributed by atoms with E-state index in [1.807, 2.05) is 36.4 Å². The Morgan fingerprint density at radius 1 is 1.23 bits per heavy atom. The number of aromatic nitrogens is 6. The number of benzene rings is 1. The molecule has 0 aliphatic carbocycles.